The van der Waals surface area contributed by atoms with Crippen LogP contribution in [0.25, 0.3) is 0 Å². The van der Waals surface area contributed by atoms with Crippen molar-refractivity contribution >= 4 is 29.9 Å². The molecular weight excluding hydrogens is 277 g/mol. The van der Waals surface area contributed by atoms with Crippen molar-refractivity contribution in [1.29, 1.82) is 0 Å². The third-order valence-corrected chi connectivity index (χ3v) is 2.50. The van der Waals surface area contributed by atoms with Crippen molar-refractivity contribution in [1.82, 2.24) is 5.32 Å². The van der Waals surface area contributed by atoms with E-state index in [9.17, 15) is 0 Å². The summed E-state index contributed by atoms with van der Waals surface area (Å²) in [7, 11) is 1.70. The third kappa shape index (κ3) is 4.15. The van der Waals surface area contributed by atoms with Crippen molar-refractivity contribution in [2.75, 3.05) is 13.6 Å². The summed E-state index contributed by atoms with van der Waals surface area (Å²) in [6, 6.07) is 0. The Morgan fingerprint density at radius 3 is 2.46 bits per heavy atom. The van der Waals surface area contributed by atoms with E-state index < -0.39 is 0 Å². The van der Waals surface area contributed by atoms with Gasteiger partial charge < -0.3 is 11.1 Å². The van der Waals surface area contributed by atoms with E-state index in [0.717, 1.165) is 12.5 Å². The lowest BCUT2D eigenvalue weighted by Gasteiger charge is -2.42. The molecule has 0 radical (unpaired) electrons. The molecule has 1 saturated carbocycles. The molecule has 0 aromatic heterocycles. The maximum Gasteiger partial charge on any atom is 0.188 e. The summed E-state index contributed by atoms with van der Waals surface area (Å²) in [6.45, 7) is 5.59. The number of rotatable bonds is 2. The lowest BCUT2D eigenvalue weighted by Crippen LogP contribution is -2.42. The second-order valence-corrected chi connectivity index (χ2v) is 4.43. The number of aliphatic imine (C=N–C) groups is 1. The number of guanidine groups is 1. The van der Waals surface area contributed by atoms with Gasteiger partial charge in [-0.2, -0.15) is 0 Å². The smallest absolute Gasteiger partial charge is 0.188 e. The highest BCUT2D eigenvalue weighted by molar-refractivity contribution is 14.0. The minimum atomic E-state index is 0. The number of nitrogens with one attached hydrogen (secondary N) is 1. The molecule has 1 fully saturated rings. The fourth-order valence-electron chi connectivity index (χ4n) is 1.98. The molecule has 0 saturated heterocycles. The molecule has 0 aliphatic heterocycles. The molecule has 0 heterocycles. The molecule has 0 unspecified atom stereocenters. The molecule has 0 aromatic rings. The van der Waals surface area contributed by atoms with Crippen molar-refractivity contribution in [2.24, 2.45) is 22.1 Å². The maximum absolute atomic E-state index is 5.51. The zero-order chi connectivity index (χ0) is 9.19. The zero-order valence-electron chi connectivity index (χ0n) is 8.63. The van der Waals surface area contributed by atoms with Crippen LogP contribution >= 0.6 is 24.0 Å². The highest BCUT2D eigenvalue weighted by Crippen LogP contribution is 2.44. The largest absolute Gasteiger partial charge is 0.370 e. The summed E-state index contributed by atoms with van der Waals surface area (Å²) in [5.41, 5.74) is 6.07. The summed E-state index contributed by atoms with van der Waals surface area (Å²) in [5, 5.41) is 3.10. The van der Waals surface area contributed by atoms with Crippen molar-refractivity contribution in [3.8, 4) is 0 Å². The van der Waals surface area contributed by atoms with Gasteiger partial charge in [0.1, 0.15) is 0 Å². The van der Waals surface area contributed by atoms with Crippen LogP contribution < -0.4 is 11.1 Å². The van der Waals surface area contributed by atoms with Crippen LogP contribution in [-0.2, 0) is 0 Å². The van der Waals surface area contributed by atoms with Crippen LogP contribution in [0.2, 0.25) is 0 Å². The van der Waals surface area contributed by atoms with Gasteiger partial charge in [0.05, 0.1) is 0 Å². The Morgan fingerprint density at radius 1 is 1.54 bits per heavy atom. The van der Waals surface area contributed by atoms with Crippen LogP contribution in [-0.4, -0.2) is 19.6 Å². The molecule has 1 aliphatic rings. The van der Waals surface area contributed by atoms with Crippen molar-refractivity contribution in [2.45, 2.75) is 26.7 Å². The Bertz CT molecular complexity index is 181. The Balaban J connectivity index is 0.00000144. The first-order chi connectivity index (χ1) is 5.53. The normalized spacial score (nSPS) is 21.6. The first kappa shape index (κ1) is 13.0. The average Bonchev–Trinajstić information content (AvgIpc) is 1.96. The Hall–Kier alpha value is 0. The average molecular weight is 297 g/mol. The molecular formula is C9H20IN3. The number of hydrogen-bond donors (Lipinski definition) is 2. The van der Waals surface area contributed by atoms with Crippen LogP contribution in [0.15, 0.2) is 4.99 Å². The van der Waals surface area contributed by atoms with E-state index in [0.29, 0.717) is 11.4 Å². The lowest BCUT2D eigenvalue weighted by molar-refractivity contribution is 0.0996. The lowest BCUT2D eigenvalue weighted by atomic mass is 9.64. The molecule has 0 bridgehead atoms. The molecule has 1 rings (SSSR count). The zero-order valence-corrected chi connectivity index (χ0v) is 11.0. The topological polar surface area (TPSA) is 50.4 Å². The van der Waals surface area contributed by atoms with Crippen LogP contribution in [0.1, 0.15) is 26.7 Å². The molecule has 0 atom stereocenters. The van der Waals surface area contributed by atoms with E-state index in [2.05, 4.69) is 24.2 Å². The Kier molecular flexibility index (Phi) is 5.02. The number of nitrogens with two attached hydrogens (primary N) is 1. The first-order valence-electron chi connectivity index (χ1n) is 4.49. The van der Waals surface area contributed by atoms with Crippen LogP contribution in [0.3, 0.4) is 0 Å². The van der Waals surface area contributed by atoms with Crippen molar-refractivity contribution < 1.29 is 0 Å². The number of nitrogens with zero attached hydrogens (tertiary/aromatic N) is 1. The van der Waals surface area contributed by atoms with E-state index in [1.807, 2.05) is 0 Å². The SMILES string of the molecule is CN=C(N)NCC1CC(C)(C)C1.I. The fraction of sp³-hybridized carbons (Fsp3) is 0.889. The van der Waals surface area contributed by atoms with Gasteiger partial charge in [-0.3, -0.25) is 4.99 Å². The summed E-state index contributed by atoms with van der Waals surface area (Å²) < 4.78 is 0. The maximum atomic E-state index is 5.51. The van der Waals surface area contributed by atoms with Gasteiger partial charge >= 0.3 is 0 Å². The molecule has 4 heteroatoms. The fourth-order valence-corrected chi connectivity index (χ4v) is 1.98. The van der Waals surface area contributed by atoms with E-state index in [1.54, 1.807) is 7.05 Å². The van der Waals surface area contributed by atoms with Gasteiger partial charge in [-0.15, -0.1) is 24.0 Å². The van der Waals surface area contributed by atoms with Gasteiger partial charge in [0.25, 0.3) is 0 Å². The molecule has 1 aliphatic carbocycles. The molecule has 3 N–H and O–H groups in total. The van der Waals surface area contributed by atoms with Crippen molar-refractivity contribution in [3.63, 3.8) is 0 Å². The van der Waals surface area contributed by atoms with E-state index in [4.69, 9.17) is 5.73 Å². The van der Waals surface area contributed by atoms with Crippen LogP contribution in [0.5, 0.6) is 0 Å². The molecule has 3 nitrogen and oxygen atoms in total. The second kappa shape index (κ2) is 5.02. The standard InChI is InChI=1S/C9H19N3.HI/c1-9(2)4-7(5-9)6-12-8(10)11-3;/h7H,4-6H2,1-3H3,(H3,10,11,12);1H. The monoisotopic (exact) mass is 297 g/mol. The summed E-state index contributed by atoms with van der Waals surface area (Å²) in [5.74, 6) is 1.35. The van der Waals surface area contributed by atoms with E-state index in [1.165, 1.54) is 12.8 Å². The Morgan fingerprint density at radius 2 is 2.08 bits per heavy atom. The first-order valence-corrected chi connectivity index (χ1v) is 4.49. The van der Waals surface area contributed by atoms with Gasteiger partial charge in [-0.25, -0.2) is 0 Å². The minimum absolute atomic E-state index is 0. The predicted octanol–water partition coefficient (Wildman–Crippen LogP) is 1.57. The molecule has 0 aromatic carbocycles. The number of halogens is 1. The highest BCUT2D eigenvalue weighted by Gasteiger charge is 2.35. The molecule has 13 heavy (non-hydrogen) atoms. The summed E-state index contributed by atoms with van der Waals surface area (Å²) in [6.07, 6.45) is 2.61. The van der Waals surface area contributed by atoms with E-state index in [-0.39, 0.29) is 24.0 Å². The highest BCUT2D eigenvalue weighted by atomic mass is 127. The van der Waals surface area contributed by atoms with Crippen LogP contribution in [0.4, 0.5) is 0 Å². The number of hydrogen-bond acceptors (Lipinski definition) is 1. The summed E-state index contributed by atoms with van der Waals surface area (Å²) >= 11 is 0. The van der Waals surface area contributed by atoms with Gasteiger partial charge in [0.2, 0.25) is 0 Å². The third-order valence-electron chi connectivity index (χ3n) is 2.50. The van der Waals surface area contributed by atoms with Gasteiger partial charge in [-0.05, 0) is 24.2 Å². The summed E-state index contributed by atoms with van der Waals surface area (Å²) in [4.78, 5) is 3.84. The molecule has 0 spiro atoms. The van der Waals surface area contributed by atoms with Crippen molar-refractivity contribution in [3.05, 3.63) is 0 Å². The predicted molar refractivity (Wildman–Crippen MR) is 67.5 cm³/mol. The van der Waals surface area contributed by atoms with Gasteiger partial charge in [0, 0.05) is 13.6 Å². The minimum Gasteiger partial charge on any atom is -0.370 e. The second-order valence-electron chi connectivity index (χ2n) is 4.43. The quantitative estimate of drug-likeness (QED) is 0.462. The molecule has 0 amide bonds. The van der Waals surface area contributed by atoms with Gasteiger partial charge in [-0.1, -0.05) is 13.8 Å². The van der Waals surface area contributed by atoms with E-state index >= 15 is 0 Å². The van der Waals surface area contributed by atoms with Crippen LogP contribution in [0, 0.1) is 11.3 Å². The molecule has 78 valence electrons. The Labute approximate surface area is 97.6 Å². The van der Waals surface area contributed by atoms with Gasteiger partial charge in [0.15, 0.2) is 5.96 Å².